The van der Waals surface area contributed by atoms with Crippen molar-refractivity contribution in [2.75, 3.05) is 25.0 Å². The van der Waals surface area contributed by atoms with Crippen molar-refractivity contribution < 1.29 is 14.3 Å². The highest BCUT2D eigenvalue weighted by Gasteiger charge is 2.26. The Labute approximate surface area is 160 Å². The van der Waals surface area contributed by atoms with Crippen LogP contribution in [0.3, 0.4) is 0 Å². The lowest BCUT2D eigenvalue weighted by atomic mass is 10.1. The van der Waals surface area contributed by atoms with Crippen molar-refractivity contribution >= 4 is 29.9 Å². The van der Waals surface area contributed by atoms with Crippen LogP contribution in [0.5, 0.6) is 0 Å². The molecule has 2 aliphatic heterocycles. The molecule has 0 bridgehead atoms. The fraction of sp³-hybridized carbons (Fsp3) is 0.706. The summed E-state index contributed by atoms with van der Waals surface area (Å²) in [6, 6.07) is 0.266. The van der Waals surface area contributed by atoms with E-state index in [4.69, 9.17) is 4.74 Å². The molecule has 146 valence electrons. The molecular weight excluding hydrogens is 358 g/mol. The number of nitrogens with one attached hydrogen (secondary N) is 2. The van der Waals surface area contributed by atoms with Crippen molar-refractivity contribution in [3.05, 3.63) is 12.4 Å². The van der Waals surface area contributed by atoms with Gasteiger partial charge in [-0.25, -0.2) is 0 Å². The topological polar surface area (TPSA) is 88.5 Å². The molecule has 0 saturated carbocycles. The number of hydrogen-bond donors (Lipinski definition) is 2. The Balaban J connectivity index is 0.00000243. The van der Waals surface area contributed by atoms with Gasteiger partial charge >= 0.3 is 0 Å². The summed E-state index contributed by atoms with van der Waals surface area (Å²) in [5.41, 5.74) is 0.625. The van der Waals surface area contributed by atoms with Crippen molar-refractivity contribution in [2.45, 2.75) is 57.9 Å². The number of carbonyl (C=O) groups is 2. The van der Waals surface area contributed by atoms with Gasteiger partial charge in [0.15, 0.2) is 0 Å². The summed E-state index contributed by atoms with van der Waals surface area (Å²) < 4.78 is 7.22. The zero-order chi connectivity index (χ0) is 17.8. The van der Waals surface area contributed by atoms with Gasteiger partial charge in [-0.2, -0.15) is 5.10 Å². The molecule has 2 aliphatic rings. The molecule has 1 aromatic rings. The number of aromatic nitrogens is 2. The third-order valence-electron chi connectivity index (χ3n) is 4.58. The van der Waals surface area contributed by atoms with E-state index in [1.54, 1.807) is 17.1 Å². The van der Waals surface area contributed by atoms with Gasteiger partial charge in [0.1, 0.15) is 6.54 Å². The first-order valence-corrected chi connectivity index (χ1v) is 8.98. The summed E-state index contributed by atoms with van der Waals surface area (Å²) in [5, 5.41) is 10.3. The fourth-order valence-electron chi connectivity index (χ4n) is 3.50. The largest absolute Gasteiger partial charge is 0.372 e. The summed E-state index contributed by atoms with van der Waals surface area (Å²) in [6.07, 6.45) is 6.00. The van der Waals surface area contributed by atoms with E-state index in [2.05, 4.69) is 15.7 Å². The predicted octanol–water partition coefficient (Wildman–Crippen LogP) is 1.02. The summed E-state index contributed by atoms with van der Waals surface area (Å²) in [4.78, 5) is 26.3. The molecule has 2 fully saturated rings. The van der Waals surface area contributed by atoms with Crippen molar-refractivity contribution in [3.8, 4) is 0 Å². The van der Waals surface area contributed by atoms with Crippen molar-refractivity contribution in [1.29, 1.82) is 0 Å². The van der Waals surface area contributed by atoms with Gasteiger partial charge in [0, 0.05) is 31.7 Å². The molecule has 0 radical (unpaired) electrons. The first-order valence-electron chi connectivity index (χ1n) is 8.98. The Morgan fingerprint density at radius 2 is 2.08 bits per heavy atom. The van der Waals surface area contributed by atoms with Crippen LogP contribution in [0, 0.1) is 0 Å². The zero-order valence-corrected chi connectivity index (χ0v) is 16.1. The minimum absolute atomic E-state index is 0. The quantitative estimate of drug-likeness (QED) is 0.790. The maximum atomic E-state index is 12.4. The summed E-state index contributed by atoms with van der Waals surface area (Å²) in [6.45, 7) is 6.29. The van der Waals surface area contributed by atoms with Gasteiger partial charge in [-0.15, -0.1) is 12.4 Å². The molecule has 26 heavy (non-hydrogen) atoms. The van der Waals surface area contributed by atoms with Crippen LogP contribution in [0.1, 0.15) is 33.1 Å². The van der Waals surface area contributed by atoms with E-state index >= 15 is 0 Å². The molecule has 9 heteroatoms. The smallest absolute Gasteiger partial charge is 0.244 e. The number of rotatable bonds is 5. The van der Waals surface area contributed by atoms with Crippen LogP contribution >= 0.6 is 12.4 Å². The molecular formula is C17H28ClN5O3. The molecule has 2 amide bonds. The van der Waals surface area contributed by atoms with Gasteiger partial charge in [0.2, 0.25) is 11.8 Å². The van der Waals surface area contributed by atoms with Crippen LogP contribution in [0.4, 0.5) is 5.69 Å². The number of carbonyl (C=O) groups excluding carboxylic acids is 2. The van der Waals surface area contributed by atoms with Crippen LogP contribution in [0.2, 0.25) is 0 Å². The lowest BCUT2D eigenvalue weighted by Crippen LogP contribution is -2.49. The number of ether oxygens (including phenoxy) is 1. The second-order valence-corrected chi connectivity index (χ2v) is 7.03. The van der Waals surface area contributed by atoms with Gasteiger partial charge in [-0.1, -0.05) is 0 Å². The summed E-state index contributed by atoms with van der Waals surface area (Å²) >= 11 is 0. The lowest BCUT2D eigenvalue weighted by Gasteiger charge is -2.35. The number of morpholine rings is 1. The molecule has 0 aromatic carbocycles. The number of hydrogen-bond acceptors (Lipinski definition) is 5. The Kier molecular flexibility index (Phi) is 7.43. The first-order chi connectivity index (χ1) is 12.0. The third kappa shape index (κ3) is 5.69. The standard InChI is InChI=1S/C17H27N5O3.ClH/c1-12-8-21(9-13(2)25-12)17(24)11-22-10-15(7-19-22)20-16(23)6-14-4-3-5-18-14;/h7,10,12-14,18H,3-6,8-9,11H2,1-2H3,(H,20,23);1H. The SMILES string of the molecule is CC1CN(C(=O)Cn2cc(NC(=O)CC3CCCN3)cn2)CC(C)O1.Cl. The molecule has 2 saturated heterocycles. The number of amides is 2. The molecule has 3 rings (SSSR count). The van der Waals surface area contributed by atoms with E-state index in [9.17, 15) is 9.59 Å². The molecule has 0 spiro atoms. The van der Waals surface area contributed by atoms with Gasteiger partial charge in [0.05, 0.1) is 24.1 Å². The van der Waals surface area contributed by atoms with Gasteiger partial charge in [-0.05, 0) is 33.2 Å². The normalized spacial score (nSPS) is 25.6. The van der Waals surface area contributed by atoms with Crippen LogP contribution in [-0.2, 0) is 20.9 Å². The molecule has 8 nitrogen and oxygen atoms in total. The number of halogens is 1. The lowest BCUT2D eigenvalue weighted by molar-refractivity contribution is -0.144. The third-order valence-corrected chi connectivity index (χ3v) is 4.58. The Bertz CT molecular complexity index is 607. The molecule has 3 atom stereocenters. The fourth-order valence-corrected chi connectivity index (χ4v) is 3.50. The first kappa shape index (κ1) is 20.7. The molecule has 2 N–H and O–H groups in total. The van der Waals surface area contributed by atoms with E-state index in [1.807, 2.05) is 18.7 Å². The van der Waals surface area contributed by atoms with Crippen LogP contribution in [0.25, 0.3) is 0 Å². The number of nitrogens with zero attached hydrogens (tertiary/aromatic N) is 3. The Morgan fingerprint density at radius 1 is 1.35 bits per heavy atom. The van der Waals surface area contributed by atoms with Crippen LogP contribution < -0.4 is 10.6 Å². The minimum atomic E-state index is -0.0268. The average molecular weight is 386 g/mol. The van der Waals surface area contributed by atoms with Gasteiger partial charge in [-0.3, -0.25) is 14.3 Å². The van der Waals surface area contributed by atoms with Crippen molar-refractivity contribution in [2.24, 2.45) is 0 Å². The molecule has 1 aromatic heterocycles. The zero-order valence-electron chi connectivity index (χ0n) is 15.3. The van der Waals surface area contributed by atoms with E-state index in [0.29, 0.717) is 25.2 Å². The average Bonchev–Trinajstić information content (AvgIpc) is 3.18. The van der Waals surface area contributed by atoms with Crippen LogP contribution in [-0.4, -0.2) is 64.4 Å². The highest BCUT2D eigenvalue weighted by atomic mass is 35.5. The molecule has 3 heterocycles. The number of anilines is 1. The second-order valence-electron chi connectivity index (χ2n) is 7.03. The van der Waals surface area contributed by atoms with Crippen molar-refractivity contribution in [1.82, 2.24) is 20.0 Å². The maximum Gasteiger partial charge on any atom is 0.244 e. The summed E-state index contributed by atoms with van der Waals surface area (Å²) in [5.74, 6) is -0.0146. The van der Waals surface area contributed by atoms with Crippen molar-refractivity contribution in [3.63, 3.8) is 0 Å². The van der Waals surface area contributed by atoms with E-state index in [-0.39, 0.29) is 49.0 Å². The van der Waals surface area contributed by atoms with Crippen LogP contribution in [0.15, 0.2) is 12.4 Å². The van der Waals surface area contributed by atoms with E-state index in [0.717, 1.165) is 19.4 Å². The molecule has 3 unspecified atom stereocenters. The van der Waals surface area contributed by atoms with E-state index < -0.39 is 0 Å². The Hall–Kier alpha value is -1.64. The van der Waals surface area contributed by atoms with E-state index in [1.165, 1.54) is 0 Å². The Morgan fingerprint density at radius 3 is 2.73 bits per heavy atom. The predicted molar refractivity (Wildman–Crippen MR) is 100 cm³/mol. The van der Waals surface area contributed by atoms with Gasteiger partial charge < -0.3 is 20.3 Å². The highest BCUT2D eigenvalue weighted by molar-refractivity contribution is 5.90. The molecule has 0 aliphatic carbocycles. The minimum Gasteiger partial charge on any atom is -0.372 e. The summed E-state index contributed by atoms with van der Waals surface area (Å²) in [7, 11) is 0. The maximum absolute atomic E-state index is 12.4. The van der Waals surface area contributed by atoms with Gasteiger partial charge in [0.25, 0.3) is 0 Å². The highest BCUT2D eigenvalue weighted by Crippen LogP contribution is 2.13. The monoisotopic (exact) mass is 385 g/mol. The second kappa shape index (κ2) is 9.34.